The van der Waals surface area contributed by atoms with Crippen LogP contribution in [0.25, 0.3) is 5.69 Å². The van der Waals surface area contributed by atoms with E-state index in [0.29, 0.717) is 21.6 Å². The maximum atomic E-state index is 13.0. The number of hydrogen-bond acceptors (Lipinski definition) is 5. The second-order valence-electron chi connectivity index (χ2n) is 6.67. The first-order chi connectivity index (χ1) is 12.3. The maximum absolute atomic E-state index is 13.0. The van der Waals surface area contributed by atoms with Crippen LogP contribution < -0.4 is 11.4 Å². The number of unbranched alkanes of at least 4 members (excludes halogenated alkanes) is 1. The SMILES string of the molecule is CCCCN1C(=S)SC(C)(C)[C@H]1n1oc(=O)n(-c2ccc(Cl)cc2)c1=O. The number of aromatic nitrogens is 2. The van der Waals surface area contributed by atoms with Gasteiger partial charge in [0.15, 0.2) is 6.17 Å². The van der Waals surface area contributed by atoms with Crippen LogP contribution in [-0.2, 0) is 0 Å². The molecule has 0 unspecified atom stereocenters. The Morgan fingerprint density at radius 1 is 1.27 bits per heavy atom. The number of rotatable bonds is 5. The van der Waals surface area contributed by atoms with Crippen LogP contribution in [0.2, 0.25) is 5.02 Å². The molecule has 1 aliphatic heterocycles. The van der Waals surface area contributed by atoms with E-state index in [9.17, 15) is 9.59 Å². The highest BCUT2D eigenvalue weighted by atomic mass is 35.5. The van der Waals surface area contributed by atoms with E-state index in [1.165, 1.54) is 11.8 Å². The van der Waals surface area contributed by atoms with Gasteiger partial charge in [-0.25, -0.2) is 9.59 Å². The summed E-state index contributed by atoms with van der Waals surface area (Å²) < 4.78 is 7.84. The molecule has 140 valence electrons. The molecule has 1 aromatic carbocycles. The minimum absolute atomic E-state index is 0.406. The number of thioether (sulfide) groups is 1. The third kappa shape index (κ3) is 3.37. The monoisotopic (exact) mass is 413 g/mol. The van der Waals surface area contributed by atoms with Crippen molar-refractivity contribution < 1.29 is 4.52 Å². The Morgan fingerprint density at radius 3 is 2.54 bits per heavy atom. The van der Waals surface area contributed by atoms with Crippen LogP contribution in [0.1, 0.15) is 39.8 Å². The van der Waals surface area contributed by atoms with E-state index < -0.39 is 22.4 Å². The fourth-order valence-corrected chi connectivity index (χ4v) is 5.11. The van der Waals surface area contributed by atoms with Crippen molar-refractivity contribution in [2.45, 2.75) is 44.5 Å². The van der Waals surface area contributed by atoms with Crippen molar-refractivity contribution in [1.29, 1.82) is 0 Å². The molecule has 1 atom stereocenters. The highest BCUT2D eigenvalue weighted by Crippen LogP contribution is 2.46. The zero-order valence-corrected chi connectivity index (χ0v) is 17.2. The number of thiocarbonyl (C=S) groups is 1. The van der Waals surface area contributed by atoms with Crippen molar-refractivity contribution in [1.82, 2.24) is 14.2 Å². The van der Waals surface area contributed by atoms with Gasteiger partial charge in [0.1, 0.15) is 4.32 Å². The topological polar surface area (TPSA) is 60.4 Å². The molecule has 0 amide bonds. The Labute approximate surface area is 165 Å². The van der Waals surface area contributed by atoms with E-state index in [-0.39, 0.29) is 0 Å². The van der Waals surface area contributed by atoms with E-state index in [2.05, 4.69) is 6.92 Å². The summed E-state index contributed by atoms with van der Waals surface area (Å²) in [4.78, 5) is 27.4. The lowest BCUT2D eigenvalue weighted by atomic mass is 10.1. The Kier molecular flexibility index (Phi) is 5.37. The van der Waals surface area contributed by atoms with E-state index in [4.69, 9.17) is 28.3 Å². The fraction of sp³-hybridized carbons (Fsp3) is 0.471. The van der Waals surface area contributed by atoms with Gasteiger partial charge in [0.2, 0.25) is 0 Å². The van der Waals surface area contributed by atoms with E-state index >= 15 is 0 Å². The van der Waals surface area contributed by atoms with Crippen molar-refractivity contribution in [3.63, 3.8) is 0 Å². The van der Waals surface area contributed by atoms with Gasteiger partial charge in [-0.3, -0.25) is 0 Å². The molecule has 3 rings (SSSR count). The molecule has 1 saturated heterocycles. The van der Waals surface area contributed by atoms with Gasteiger partial charge in [-0.2, -0.15) is 4.57 Å². The predicted molar refractivity (Wildman–Crippen MR) is 108 cm³/mol. The molecule has 2 heterocycles. The van der Waals surface area contributed by atoms with Crippen LogP contribution in [-0.4, -0.2) is 29.8 Å². The number of nitrogens with zero attached hydrogens (tertiary/aromatic N) is 3. The minimum Gasteiger partial charge on any atom is -0.333 e. The van der Waals surface area contributed by atoms with Gasteiger partial charge in [0, 0.05) is 11.6 Å². The third-order valence-electron chi connectivity index (χ3n) is 4.30. The smallest absolute Gasteiger partial charge is 0.333 e. The van der Waals surface area contributed by atoms with Crippen LogP contribution in [0.5, 0.6) is 0 Å². The quantitative estimate of drug-likeness (QED) is 0.697. The Balaban J connectivity index is 2.09. The van der Waals surface area contributed by atoms with Gasteiger partial charge in [0.05, 0.1) is 10.4 Å². The molecule has 1 aliphatic rings. The highest BCUT2D eigenvalue weighted by molar-refractivity contribution is 8.24. The van der Waals surface area contributed by atoms with E-state index in [1.807, 2.05) is 18.7 Å². The van der Waals surface area contributed by atoms with Gasteiger partial charge in [0.25, 0.3) is 0 Å². The van der Waals surface area contributed by atoms with Crippen molar-refractivity contribution in [3.05, 3.63) is 50.3 Å². The van der Waals surface area contributed by atoms with Gasteiger partial charge in [-0.1, -0.05) is 48.9 Å². The summed E-state index contributed by atoms with van der Waals surface area (Å²) in [5.74, 6) is -0.730. The summed E-state index contributed by atoms with van der Waals surface area (Å²) in [6, 6.07) is 6.47. The summed E-state index contributed by atoms with van der Waals surface area (Å²) >= 11 is 12.9. The number of halogens is 1. The molecule has 0 N–H and O–H groups in total. The molecule has 6 nitrogen and oxygen atoms in total. The van der Waals surface area contributed by atoms with Crippen LogP contribution in [0, 0.1) is 0 Å². The molecule has 0 radical (unpaired) electrons. The Hall–Kier alpha value is -1.51. The molecule has 0 saturated carbocycles. The molecule has 0 aliphatic carbocycles. The molecule has 0 spiro atoms. The minimum atomic E-state index is -0.730. The normalized spacial score (nSPS) is 19.3. The first-order valence-electron chi connectivity index (χ1n) is 8.36. The van der Waals surface area contributed by atoms with Crippen LogP contribution in [0.3, 0.4) is 0 Å². The molecular formula is C17H20ClN3O3S2. The van der Waals surface area contributed by atoms with Gasteiger partial charge >= 0.3 is 11.4 Å². The molecular weight excluding hydrogens is 394 g/mol. The average molecular weight is 414 g/mol. The first kappa shape index (κ1) is 19.3. The highest BCUT2D eigenvalue weighted by Gasteiger charge is 2.47. The molecule has 9 heteroatoms. The Morgan fingerprint density at radius 2 is 1.92 bits per heavy atom. The zero-order chi connectivity index (χ0) is 19.1. The van der Waals surface area contributed by atoms with Crippen LogP contribution in [0.15, 0.2) is 38.4 Å². The number of hydrogen-bond donors (Lipinski definition) is 0. The lowest BCUT2D eigenvalue weighted by molar-refractivity contribution is 0.0897. The largest absolute Gasteiger partial charge is 0.447 e. The molecule has 26 heavy (non-hydrogen) atoms. The first-order valence-corrected chi connectivity index (χ1v) is 9.97. The third-order valence-corrected chi connectivity index (χ3v) is 6.18. The fourth-order valence-electron chi connectivity index (χ4n) is 3.06. The van der Waals surface area contributed by atoms with Crippen LogP contribution >= 0.6 is 35.6 Å². The standard InChI is InChI=1S/C17H20ClN3O3S2/c1-4-5-10-19-13(17(2,3)26-16(19)25)21-14(22)20(15(23)24-21)12-8-6-11(18)7-9-12/h6-9,13H,4-5,10H2,1-3H3/t13-/m1/s1. The zero-order valence-electron chi connectivity index (χ0n) is 14.8. The second-order valence-corrected chi connectivity index (χ2v) is 9.39. The molecule has 2 aromatic rings. The van der Waals surface area contributed by atoms with Gasteiger partial charge in [-0.05, 0) is 44.5 Å². The maximum Gasteiger partial charge on any atom is 0.447 e. The lowest BCUT2D eigenvalue weighted by Crippen LogP contribution is -2.42. The van der Waals surface area contributed by atoms with Crippen molar-refractivity contribution in [2.75, 3.05) is 6.54 Å². The average Bonchev–Trinajstić information content (AvgIpc) is 2.97. The van der Waals surface area contributed by atoms with Crippen LogP contribution in [0.4, 0.5) is 0 Å². The lowest BCUT2D eigenvalue weighted by Gasteiger charge is -2.30. The number of benzene rings is 1. The summed E-state index contributed by atoms with van der Waals surface area (Å²) in [6.07, 6.45) is 1.48. The van der Waals surface area contributed by atoms with E-state index in [1.54, 1.807) is 24.3 Å². The predicted octanol–water partition coefficient (Wildman–Crippen LogP) is 3.66. The van der Waals surface area contributed by atoms with Crippen molar-refractivity contribution >= 4 is 39.9 Å². The summed E-state index contributed by atoms with van der Waals surface area (Å²) in [7, 11) is 0. The van der Waals surface area contributed by atoms with E-state index in [0.717, 1.165) is 22.1 Å². The summed E-state index contributed by atoms with van der Waals surface area (Å²) in [6.45, 7) is 6.79. The van der Waals surface area contributed by atoms with Crippen molar-refractivity contribution in [2.24, 2.45) is 0 Å². The Bertz CT molecular complexity index is 930. The molecule has 1 aromatic heterocycles. The molecule has 0 bridgehead atoms. The van der Waals surface area contributed by atoms with Gasteiger partial charge in [-0.15, -0.1) is 4.74 Å². The second kappa shape index (κ2) is 7.25. The summed E-state index contributed by atoms with van der Waals surface area (Å²) in [5, 5.41) is 0.523. The summed E-state index contributed by atoms with van der Waals surface area (Å²) in [5.41, 5.74) is -0.111. The molecule has 1 fully saturated rings. The van der Waals surface area contributed by atoms with Crippen molar-refractivity contribution in [3.8, 4) is 5.69 Å². The van der Waals surface area contributed by atoms with Gasteiger partial charge < -0.3 is 9.42 Å².